The van der Waals surface area contributed by atoms with Gasteiger partial charge in [0.25, 0.3) is 0 Å². The molecule has 4 aromatic heterocycles. The summed E-state index contributed by atoms with van der Waals surface area (Å²) in [5, 5.41) is 7.00. The van der Waals surface area contributed by atoms with Crippen molar-refractivity contribution in [2.75, 3.05) is 0 Å². The van der Waals surface area contributed by atoms with Crippen molar-refractivity contribution in [2.24, 2.45) is 0 Å². The van der Waals surface area contributed by atoms with Crippen LogP contribution >= 0.6 is 0 Å². The molecule has 0 bridgehead atoms. The smallest absolute Gasteiger partial charge is 0.144 e. The minimum atomic E-state index is 0.863. The number of benzene rings is 6. The number of nitrogens with zero attached hydrogens (tertiary/aromatic N) is 3. The Morgan fingerprint density at radius 2 is 1.04 bits per heavy atom. The van der Waals surface area contributed by atoms with Crippen molar-refractivity contribution >= 4 is 65.6 Å². The summed E-state index contributed by atoms with van der Waals surface area (Å²) in [6.45, 7) is 0. The summed E-state index contributed by atoms with van der Waals surface area (Å²) in [6, 6.07) is 51.5. The van der Waals surface area contributed by atoms with Gasteiger partial charge in [-0.25, -0.2) is 0 Å². The molecule has 0 amide bonds. The maximum atomic E-state index is 6.41. The van der Waals surface area contributed by atoms with E-state index in [1.807, 2.05) is 18.3 Å². The Hall–Kier alpha value is -6.13. The van der Waals surface area contributed by atoms with E-state index in [-0.39, 0.29) is 0 Å². The van der Waals surface area contributed by atoms with Gasteiger partial charge in [0, 0.05) is 55.5 Å². The number of pyridine rings is 1. The largest absolute Gasteiger partial charge is 0.455 e. The van der Waals surface area contributed by atoms with Gasteiger partial charge >= 0.3 is 0 Å². The van der Waals surface area contributed by atoms with E-state index in [1.54, 1.807) is 0 Å². The van der Waals surface area contributed by atoms with Gasteiger partial charge in [0.2, 0.25) is 0 Å². The van der Waals surface area contributed by atoms with Crippen LogP contribution in [0, 0.1) is 0 Å². The van der Waals surface area contributed by atoms with Crippen LogP contribution in [0.1, 0.15) is 0 Å². The molecule has 4 nitrogen and oxygen atoms in total. The molecule has 0 saturated carbocycles. The van der Waals surface area contributed by atoms with E-state index in [2.05, 4.69) is 143 Å². The molecular weight excluding hydrogens is 550 g/mol. The number of hydrogen-bond acceptors (Lipinski definition) is 2. The number of rotatable bonds is 3. The Kier molecular flexibility index (Phi) is 4.96. The van der Waals surface area contributed by atoms with Gasteiger partial charge in [-0.1, -0.05) is 91.0 Å². The molecule has 0 N–H and O–H groups in total. The van der Waals surface area contributed by atoms with Crippen LogP contribution in [0.25, 0.3) is 88.2 Å². The van der Waals surface area contributed by atoms with E-state index in [0.29, 0.717) is 0 Å². The third kappa shape index (κ3) is 3.45. The third-order valence-corrected chi connectivity index (χ3v) is 9.17. The average Bonchev–Trinajstić information content (AvgIpc) is 3.75. The summed E-state index contributed by atoms with van der Waals surface area (Å²) in [6.07, 6.45) is 2.02. The first kappa shape index (κ1) is 24.3. The van der Waals surface area contributed by atoms with Gasteiger partial charge in [0.05, 0.1) is 27.8 Å². The maximum absolute atomic E-state index is 6.41. The predicted molar refractivity (Wildman–Crippen MR) is 186 cm³/mol. The molecule has 0 aliphatic heterocycles. The summed E-state index contributed by atoms with van der Waals surface area (Å²) in [4.78, 5) is 5.01. The molecule has 0 saturated heterocycles. The molecule has 10 rings (SSSR count). The first-order valence-corrected chi connectivity index (χ1v) is 15.2. The Balaban J connectivity index is 1.26. The van der Waals surface area contributed by atoms with Gasteiger partial charge in [0.1, 0.15) is 11.2 Å². The van der Waals surface area contributed by atoms with Gasteiger partial charge in [-0.3, -0.25) is 4.98 Å². The highest BCUT2D eigenvalue weighted by Crippen LogP contribution is 2.39. The number of aromatic nitrogens is 3. The van der Waals surface area contributed by atoms with E-state index in [9.17, 15) is 0 Å². The fourth-order valence-electron chi connectivity index (χ4n) is 7.19. The number of furan rings is 1. The fraction of sp³-hybridized carbons (Fsp3) is 0. The van der Waals surface area contributed by atoms with Crippen LogP contribution in [-0.2, 0) is 0 Å². The molecule has 10 aromatic rings. The van der Waals surface area contributed by atoms with Crippen LogP contribution in [0.4, 0.5) is 0 Å². The molecule has 0 aliphatic carbocycles. The van der Waals surface area contributed by atoms with Crippen molar-refractivity contribution in [1.82, 2.24) is 14.1 Å². The molecule has 4 heterocycles. The summed E-state index contributed by atoms with van der Waals surface area (Å²) in [5.41, 5.74) is 10.5. The average molecular weight is 576 g/mol. The topological polar surface area (TPSA) is 35.9 Å². The number of para-hydroxylation sites is 5. The lowest BCUT2D eigenvalue weighted by molar-refractivity contribution is 0.670. The van der Waals surface area contributed by atoms with Crippen molar-refractivity contribution in [2.45, 2.75) is 0 Å². The second-order valence-electron chi connectivity index (χ2n) is 11.6. The quantitative estimate of drug-likeness (QED) is 0.210. The van der Waals surface area contributed by atoms with Crippen LogP contribution < -0.4 is 0 Å². The molecule has 0 fully saturated rings. The van der Waals surface area contributed by atoms with E-state index in [4.69, 9.17) is 9.40 Å². The van der Waals surface area contributed by atoms with Crippen LogP contribution in [0.2, 0.25) is 0 Å². The predicted octanol–water partition coefficient (Wildman–Crippen LogP) is 10.8. The second-order valence-corrected chi connectivity index (χ2v) is 11.6. The fourth-order valence-corrected chi connectivity index (χ4v) is 7.19. The third-order valence-electron chi connectivity index (χ3n) is 9.17. The minimum Gasteiger partial charge on any atom is -0.455 e. The molecule has 0 atom stereocenters. The van der Waals surface area contributed by atoms with E-state index in [0.717, 1.165) is 61.0 Å². The number of hydrogen-bond donors (Lipinski definition) is 0. The zero-order valence-electron chi connectivity index (χ0n) is 24.2. The van der Waals surface area contributed by atoms with Crippen LogP contribution in [0.5, 0.6) is 0 Å². The molecule has 0 spiro atoms. The van der Waals surface area contributed by atoms with Crippen molar-refractivity contribution in [1.29, 1.82) is 0 Å². The zero-order valence-corrected chi connectivity index (χ0v) is 24.2. The molecule has 4 heteroatoms. The lowest BCUT2D eigenvalue weighted by Gasteiger charge is -2.11. The van der Waals surface area contributed by atoms with E-state index >= 15 is 0 Å². The van der Waals surface area contributed by atoms with E-state index < -0.39 is 0 Å². The van der Waals surface area contributed by atoms with E-state index in [1.165, 1.54) is 27.2 Å². The van der Waals surface area contributed by atoms with Crippen molar-refractivity contribution in [3.8, 4) is 22.6 Å². The standard InChI is InChI=1S/C41H25N3O/c1-2-11-26(12-3-1)43-36-18-7-4-13-28(36)30-22-21-27(23-38(30)43)44-37-19-8-5-14-29(37)34-25-42-35(24-39(34)44)33-17-10-16-32-31-15-6-9-20-40(31)45-41(32)33/h1-25H. The lowest BCUT2D eigenvalue weighted by Crippen LogP contribution is -1.97. The minimum absolute atomic E-state index is 0.863. The highest BCUT2D eigenvalue weighted by Gasteiger charge is 2.19. The molecule has 6 aromatic carbocycles. The van der Waals surface area contributed by atoms with Gasteiger partial charge in [-0.2, -0.15) is 0 Å². The molecular formula is C41H25N3O. The molecule has 0 unspecified atom stereocenters. The normalized spacial score (nSPS) is 12.0. The molecule has 0 radical (unpaired) electrons. The summed E-state index contributed by atoms with van der Waals surface area (Å²) < 4.78 is 11.2. The lowest BCUT2D eigenvalue weighted by atomic mass is 10.1. The Morgan fingerprint density at radius 1 is 0.422 bits per heavy atom. The van der Waals surface area contributed by atoms with Crippen LogP contribution in [-0.4, -0.2) is 14.1 Å². The SMILES string of the molecule is c1ccc(-n2c3ccccc3c3ccc(-n4c5ccccc5c5cnc(-c6cccc7c6oc6ccccc67)cc54)cc32)cc1. The highest BCUT2D eigenvalue weighted by molar-refractivity contribution is 6.13. The summed E-state index contributed by atoms with van der Waals surface area (Å²) in [5.74, 6) is 0. The monoisotopic (exact) mass is 575 g/mol. The zero-order chi connectivity index (χ0) is 29.5. The van der Waals surface area contributed by atoms with Crippen molar-refractivity contribution in [3.63, 3.8) is 0 Å². The van der Waals surface area contributed by atoms with Gasteiger partial charge in [-0.05, 0) is 54.6 Å². The van der Waals surface area contributed by atoms with Crippen LogP contribution in [0.15, 0.2) is 156 Å². The first-order chi connectivity index (χ1) is 22.3. The Labute approximate surface area is 258 Å². The van der Waals surface area contributed by atoms with Gasteiger partial charge in [0.15, 0.2) is 0 Å². The van der Waals surface area contributed by atoms with Crippen molar-refractivity contribution in [3.05, 3.63) is 152 Å². The Morgan fingerprint density at radius 3 is 1.87 bits per heavy atom. The van der Waals surface area contributed by atoms with Gasteiger partial charge < -0.3 is 13.6 Å². The molecule has 45 heavy (non-hydrogen) atoms. The number of fused-ring (bicyclic) bond motifs is 9. The molecule has 210 valence electrons. The summed E-state index contributed by atoms with van der Waals surface area (Å²) >= 11 is 0. The highest BCUT2D eigenvalue weighted by atomic mass is 16.3. The van der Waals surface area contributed by atoms with Gasteiger partial charge in [-0.15, -0.1) is 0 Å². The maximum Gasteiger partial charge on any atom is 0.144 e. The van der Waals surface area contributed by atoms with Crippen LogP contribution in [0.3, 0.4) is 0 Å². The Bertz CT molecular complexity index is 2760. The second kappa shape index (κ2) is 9.18. The first-order valence-electron chi connectivity index (χ1n) is 15.2. The summed E-state index contributed by atoms with van der Waals surface area (Å²) in [7, 11) is 0. The molecule has 0 aliphatic rings. The van der Waals surface area contributed by atoms with Crippen molar-refractivity contribution < 1.29 is 4.42 Å².